The Labute approximate surface area is 144 Å². The Balaban J connectivity index is 1.42. The molecule has 0 spiro atoms. The summed E-state index contributed by atoms with van der Waals surface area (Å²) >= 11 is 1.56. The van der Waals surface area contributed by atoms with Crippen molar-refractivity contribution in [3.8, 4) is 16.5 Å². The maximum atomic E-state index is 11.8. The Kier molecular flexibility index (Phi) is 5.52. The molecule has 0 saturated heterocycles. The molecular formula is C18H17N3O2S. The van der Waals surface area contributed by atoms with Gasteiger partial charge in [0.25, 0.3) is 5.91 Å². The molecule has 0 atom stereocenters. The highest BCUT2D eigenvalue weighted by Crippen LogP contribution is 2.21. The molecule has 1 N–H and O–H groups in total. The molecule has 24 heavy (non-hydrogen) atoms. The standard InChI is InChI=1S/C18H17N3O2S/c22-17(12-23-15-6-2-1-3-7-15)20-11-9-14-13-24-18(21-14)16-8-4-5-10-19-16/h1-8,10,13H,9,11-12H2,(H,20,22). The highest BCUT2D eigenvalue weighted by Gasteiger charge is 2.07. The van der Waals surface area contributed by atoms with Crippen LogP contribution in [0, 0.1) is 0 Å². The molecule has 6 heteroatoms. The second kappa shape index (κ2) is 8.21. The molecule has 1 amide bonds. The summed E-state index contributed by atoms with van der Waals surface area (Å²) in [6, 6.07) is 15.0. The number of aromatic nitrogens is 2. The van der Waals surface area contributed by atoms with E-state index in [2.05, 4.69) is 15.3 Å². The van der Waals surface area contributed by atoms with Gasteiger partial charge in [-0.15, -0.1) is 11.3 Å². The van der Waals surface area contributed by atoms with Gasteiger partial charge in [-0.3, -0.25) is 9.78 Å². The van der Waals surface area contributed by atoms with Crippen LogP contribution in [0.2, 0.25) is 0 Å². The number of ether oxygens (including phenoxy) is 1. The van der Waals surface area contributed by atoms with Crippen LogP contribution in [0.1, 0.15) is 5.69 Å². The van der Waals surface area contributed by atoms with Crippen molar-refractivity contribution < 1.29 is 9.53 Å². The highest BCUT2D eigenvalue weighted by atomic mass is 32.1. The van der Waals surface area contributed by atoms with Crippen LogP contribution in [0.15, 0.2) is 60.1 Å². The number of thiazole rings is 1. The van der Waals surface area contributed by atoms with Gasteiger partial charge in [-0.25, -0.2) is 4.98 Å². The SMILES string of the molecule is O=C(COc1ccccc1)NCCc1csc(-c2ccccn2)n1. The minimum absolute atomic E-state index is 0.0142. The number of benzene rings is 1. The van der Waals surface area contributed by atoms with E-state index in [1.165, 1.54) is 0 Å². The number of nitrogens with one attached hydrogen (secondary N) is 1. The van der Waals surface area contributed by atoms with Crippen LogP contribution in [0.4, 0.5) is 0 Å². The lowest BCUT2D eigenvalue weighted by molar-refractivity contribution is -0.123. The maximum absolute atomic E-state index is 11.8. The number of amides is 1. The molecular weight excluding hydrogens is 322 g/mol. The summed E-state index contributed by atoms with van der Waals surface area (Å²) in [6.45, 7) is 0.544. The Hall–Kier alpha value is -2.73. The number of rotatable bonds is 7. The van der Waals surface area contributed by atoms with Crippen LogP contribution < -0.4 is 10.1 Å². The number of carbonyl (C=O) groups excluding carboxylic acids is 1. The molecule has 0 saturated carbocycles. The zero-order chi connectivity index (χ0) is 16.6. The monoisotopic (exact) mass is 339 g/mol. The lowest BCUT2D eigenvalue weighted by atomic mass is 10.3. The molecule has 0 fully saturated rings. The minimum Gasteiger partial charge on any atom is -0.484 e. The van der Waals surface area contributed by atoms with E-state index in [1.54, 1.807) is 17.5 Å². The van der Waals surface area contributed by atoms with Crippen molar-refractivity contribution >= 4 is 17.2 Å². The molecule has 122 valence electrons. The third kappa shape index (κ3) is 4.63. The van der Waals surface area contributed by atoms with Crippen molar-refractivity contribution in [1.82, 2.24) is 15.3 Å². The minimum atomic E-state index is -0.140. The zero-order valence-corrected chi connectivity index (χ0v) is 13.8. The van der Waals surface area contributed by atoms with Gasteiger partial charge in [0.05, 0.1) is 11.4 Å². The van der Waals surface area contributed by atoms with Crippen molar-refractivity contribution in [2.45, 2.75) is 6.42 Å². The smallest absolute Gasteiger partial charge is 0.257 e. The van der Waals surface area contributed by atoms with E-state index in [0.717, 1.165) is 16.4 Å². The molecule has 3 rings (SSSR count). The van der Waals surface area contributed by atoms with Crippen molar-refractivity contribution in [3.05, 3.63) is 65.8 Å². The van der Waals surface area contributed by atoms with Gasteiger partial charge < -0.3 is 10.1 Å². The van der Waals surface area contributed by atoms with Crippen LogP contribution in [0.25, 0.3) is 10.7 Å². The molecule has 5 nitrogen and oxygen atoms in total. The van der Waals surface area contributed by atoms with Gasteiger partial charge in [-0.2, -0.15) is 0 Å². The molecule has 0 aliphatic carbocycles. The van der Waals surface area contributed by atoms with Crippen molar-refractivity contribution in [1.29, 1.82) is 0 Å². The summed E-state index contributed by atoms with van der Waals surface area (Å²) in [5, 5.41) is 5.73. The molecule has 0 unspecified atom stereocenters. The van der Waals surface area contributed by atoms with Crippen LogP contribution >= 0.6 is 11.3 Å². The molecule has 0 aliphatic heterocycles. The summed E-state index contributed by atoms with van der Waals surface area (Å²) in [5.41, 5.74) is 1.82. The van der Waals surface area contributed by atoms with E-state index >= 15 is 0 Å². The van der Waals surface area contributed by atoms with Crippen molar-refractivity contribution in [2.75, 3.05) is 13.2 Å². The van der Waals surface area contributed by atoms with Gasteiger partial charge >= 0.3 is 0 Å². The third-order valence-corrected chi connectivity index (χ3v) is 4.17. The van der Waals surface area contributed by atoms with Crippen LogP contribution in [-0.4, -0.2) is 29.0 Å². The van der Waals surface area contributed by atoms with E-state index in [4.69, 9.17) is 4.74 Å². The van der Waals surface area contributed by atoms with E-state index in [9.17, 15) is 4.79 Å². The van der Waals surface area contributed by atoms with Gasteiger partial charge in [-0.1, -0.05) is 24.3 Å². The van der Waals surface area contributed by atoms with Gasteiger partial charge in [0.1, 0.15) is 10.8 Å². The molecule has 0 radical (unpaired) electrons. The number of hydrogen-bond acceptors (Lipinski definition) is 5. The van der Waals surface area contributed by atoms with Crippen molar-refractivity contribution in [2.24, 2.45) is 0 Å². The first-order valence-electron chi connectivity index (χ1n) is 7.61. The Morgan fingerprint density at radius 2 is 1.96 bits per heavy atom. The second-order valence-corrected chi connectivity index (χ2v) is 5.92. The Morgan fingerprint density at radius 1 is 1.12 bits per heavy atom. The van der Waals surface area contributed by atoms with Gasteiger partial charge in [0.15, 0.2) is 6.61 Å². The summed E-state index contributed by atoms with van der Waals surface area (Å²) in [5.74, 6) is 0.547. The van der Waals surface area contributed by atoms with Crippen LogP contribution in [0.5, 0.6) is 5.75 Å². The summed E-state index contributed by atoms with van der Waals surface area (Å²) in [7, 11) is 0. The normalized spacial score (nSPS) is 10.3. The Morgan fingerprint density at radius 3 is 2.75 bits per heavy atom. The lowest BCUT2D eigenvalue weighted by Gasteiger charge is -2.06. The Bertz CT molecular complexity index is 775. The molecule has 0 aliphatic rings. The fourth-order valence-corrected chi connectivity index (χ4v) is 2.91. The predicted molar refractivity (Wildman–Crippen MR) is 94.0 cm³/mol. The van der Waals surface area contributed by atoms with Crippen LogP contribution in [0.3, 0.4) is 0 Å². The lowest BCUT2D eigenvalue weighted by Crippen LogP contribution is -2.30. The zero-order valence-electron chi connectivity index (χ0n) is 13.0. The average molecular weight is 339 g/mol. The quantitative estimate of drug-likeness (QED) is 0.719. The first kappa shape index (κ1) is 16.1. The van der Waals surface area contributed by atoms with E-state index in [-0.39, 0.29) is 12.5 Å². The molecule has 0 bridgehead atoms. The third-order valence-electron chi connectivity index (χ3n) is 3.25. The molecule has 3 aromatic rings. The largest absolute Gasteiger partial charge is 0.484 e. The number of pyridine rings is 1. The van der Waals surface area contributed by atoms with Gasteiger partial charge in [0, 0.05) is 24.5 Å². The summed E-state index contributed by atoms with van der Waals surface area (Å²) in [4.78, 5) is 20.6. The fourth-order valence-electron chi connectivity index (χ4n) is 2.08. The summed E-state index contributed by atoms with van der Waals surface area (Å²) < 4.78 is 5.40. The fraction of sp³-hybridized carbons (Fsp3) is 0.167. The van der Waals surface area contributed by atoms with E-state index < -0.39 is 0 Å². The highest BCUT2D eigenvalue weighted by molar-refractivity contribution is 7.13. The summed E-state index contributed by atoms with van der Waals surface area (Å²) in [6.07, 6.45) is 2.43. The molecule has 2 heterocycles. The number of carbonyl (C=O) groups is 1. The second-order valence-electron chi connectivity index (χ2n) is 5.06. The van der Waals surface area contributed by atoms with Gasteiger partial charge in [-0.05, 0) is 24.3 Å². The van der Waals surface area contributed by atoms with Gasteiger partial charge in [0.2, 0.25) is 0 Å². The molecule has 2 aromatic heterocycles. The van der Waals surface area contributed by atoms with Crippen LogP contribution in [-0.2, 0) is 11.2 Å². The number of hydrogen-bond donors (Lipinski definition) is 1. The maximum Gasteiger partial charge on any atom is 0.257 e. The first-order chi connectivity index (χ1) is 11.8. The van der Waals surface area contributed by atoms with Crippen molar-refractivity contribution in [3.63, 3.8) is 0 Å². The van der Waals surface area contributed by atoms with E-state index in [1.807, 2.05) is 53.9 Å². The average Bonchev–Trinajstić information content (AvgIpc) is 3.11. The topological polar surface area (TPSA) is 64.1 Å². The first-order valence-corrected chi connectivity index (χ1v) is 8.49. The predicted octanol–water partition coefficient (Wildman–Crippen LogP) is 2.94. The molecule has 1 aromatic carbocycles. The number of para-hydroxylation sites is 1. The van der Waals surface area contributed by atoms with E-state index in [0.29, 0.717) is 18.7 Å². The number of nitrogens with zero attached hydrogens (tertiary/aromatic N) is 2.